The highest BCUT2D eigenvalue weighted by Gasteiger charge is 2.09. The SMILES string of the molecule is COC(=O)c1ccc(C(=O)NCc2cnc(-c3ccccc3)cn2)cc1. The van der Waals surface area contributed by atoms with Crippen LogP contribution in [0, 0.1) is 0 Å². The van der Waals surface area contributed by atoms with Crippen molar-refractivity contribution in [3.8, 4) is 11.3 Å². The van der Waals surface area contributed by atoms with Gasteiger partial charge in [0.05, 0.1) is 43.0 Å². The van der Waals surface area contributed by atoms with Crippen LogP contribution in [0.5, 0.6) is 0 Å². The Morgan fingerprint density at radius 3 is 2.23 bits per heavy atom. The Kier molecular flexibility index (Phi) is 5.34. The Labute approximate surface area is 150 Å². The monoisotopic (exact) mass is 347 g/mol. The number of esters is 1. The number of carbonyl (C=O) groups is 2. The van der Waals surface area contributed by atoms with Gasteiger partial charge in [-0.1, -0.05) is 30.3 Å². The number of nitrogens with zero attached hydrogens (tertiary/aromatic N) is 2. The molecule has 2 aromatic carbocycles. The Balaban J connectivity index is 1.60. The first-order valence-corrected chi connectivity index (χ1v) is 8.00. The van der Waals surface area contributed by atoms with Crippen LogP contribution >= 0.6 is 0 Å². The van der Waals surface area contributed by atoms with Crippen LogP contribution < -0.4 is 5.32 Å². The molecule has 0 aliphatic heterocycles. The number of carbonyl (C=O) groups excluding carboxylic acids is 2. The minimum absolute atomic E-state index is 0.254. The molecule has 0 saturated carbocycles. The van der Waals surface area contributed by atoms with Gasteiger partial charge in [-0.2, -0.15) is 0 Å². The molecule has 6 heteroatoms. The van der Waals surface area contributed by atoms with Crippen molar-refractivity contribution in [1.29, 1.82) is 0 Å². The molecule has 0 spiro atoms. The van der Waals surface area contributed by atoms with Gasteiger partial charge in [-0.3, -0.25) is 14.8 Å². The molecule has 130 valence electrons. The second-order valence-electron chi connectivity index (χ2n) is 5.51. The quantitative estimate of drug-likeness (QED) is 0.718. The summed E-state index contributed by atoms with van der Waals surface area (Å²) < 4.78 is 4.63. The molecule has 0 radical (unpaired) electrons. The van der Waals surface area contributed by atoms with Crippen molar-refractivity contribution in [3.63, 3.8) is 0 Å². The lowest BCUT2D eigenvalue weighted by Gasteiger charge is -2.06. The van der Waals surface area contributed by atoms with E-state index in [1.54, 1.807) is 36.7 Å². The maximum absolute atomic E-state index is 12.2. The van der Waals surface area contributed by atoms with Crippen LogP contribution in [-0.4, -0.2) is 29.0 Å². The molecule has 0 saturated heterocycles. The molecule has 0 atom stereocenters. The lowest BCUT2D eigenvalue weighted by Crippen LogP contribution is -2.23. The van der Waals surface area contributed by atoms with Gasteiger partial charge in [-0.05, 0) is 24.3 Å². The molecule has 1 N–H and O–H groups in total. The van der Waals surface area contributed by atoms with Crippen LogP contribution in [0.4, 0.5) is 0 Å². The standard InChI is InChI=1S/C20H17N3O3/c1-26-20(25)16-9-7-15(8-10-16)19(24)23-12-17-11-22-18(13-21-17)14-5-3-2-4-6-14/h2-11,13H,12H2,1H3,(H,23,24). The van der Waals surface area contributed by atoms with E-state index in [4.69, 9.17) is 0 Å². The van der Waals surface area contributed by atoms with Gasteiger partial charge in [0.15, 0.2) is 0 Å². The van der Waals surface area contributed by atoms with Crippen molar-refractivity contribution >= 4 is 11.9 Å². The summed E-state index contributed by atoms with van der Waals surface area (Å²) in [5.74, 6) is -0.693. The average molecular weight is 347 g/mol. The minimum Gasteiger partial charge on any atom is -0.465 e. The van der Waals surface area contributed by atoms with Crippen molar-refractivity contribution < 1.29 is 14.3 Å². The zero-order chi connectivity index (χ0) is 18.4. The van der Waals surface area contributed by atoms with Crippen molar-refractivity contribution in [3.05, 3.63) is 83.8 Å². The van der Waals surface area contributed by atoms with Gasteiger partial charge in [0.25, 0.3) is 5.91 Å². The van der Waals surface area contributed by atoms with E-state index in [0.717, 1.165) is 11.3 Å². The number of nitrogens with one attached hydrogen (secondary N) is 1. The topological polar surface area (TPSA) is 81.2 Å². The van der Waals surface area contributed by atoms with Gasteiger partial charge in [0.1, 0.15) is 0 Å². The molecule has 0 aliphatic rings. The van der Waals surface area contributed by atoms with Crippen molar-refractivity contribution in [2.24, 2.45) is 0 Å². The fraction of sp³-hybridized carbons (Fsp3) is 0.100. The largest absolute Gasteiger partial charge is 0.465 e. The first kappa shape index (κ1) is 17.3. The summed E-state index contributed by atoms with van der Waals surface area (Å²) in [6, 6.07) is 16.0. The summed E-state index contributed by atoms with van der Waals surface area (Å²) in [7, 11) is 1.31. The van der Waals surface area contributed by atoms with Gasteiger partial charge in [-0.15, -0.1) is 0 Å². The lowest BCUT2D eigenvalue weighted by molar-refractivity contribution is 0.0600. The average Bonchev–Trinajstić information content (AvgIpc) is 2.72. The van der Waals surface area contributed by atoms with E-state index < -0.39 is 5.97 Å². The molecule has 6 nitrogen and oxygen atoms in total. The van der Waals surface area contributed by atoms with E-state index in [9.17, 15) is 9.59 Å². The summed E-state index contributed by atoms with van der Waals surface area (Å²) >= 11 is 0. The normalized spacial score (nSPS) is 10.2. The molecule has 0 fully saturated rings. The Bertz CT molecular complexity index is 892. The predicted molar refractivity (Wildman–Crippen MR) is 96.4 cm³/mol. The van der Waals surface area contributed by atoms with Crippen molar-refractivity contribution in [2.45, 2.75) is 6.54 Å². The molecule has 0 unspecified atom stereocenters. The molecule has 1 heterocycles. The van der Waals surface area contributed by atoms with Crippen LogP contribution in [0.3, 0.4) is 0 Å². The molecule has 1 aromatic heterocycles. The molecule has 26 heavy (non-hydrogen) atoms. The molecule has 0 bridgehead atoms. The number of rotatable bonds is 5. The first-order valence-electron chi connectivity index (χ1n) is 8.00. The maximum atomic E-state index is 12.2. The molecule has 3 aromatic rings. The predicted octanol–water partition coefficient (Wildman–Crippen LogP) is 2.86. The van der Waals surface area contributed by atoms with E-state index >= 15 is 0 Å². The van der Waals surface area contributed by atoms with Gasteiger partial charge >= 0.3 is 5.97 Å². The summed E-state index contributed by atoms with van der Waals surface area (Å²) in [6.45, 7) is 0.264. The zero-order valence-electron chi connectivity index (χ0n) is 14.2. The first-order chi connectivity index (χ1) is 12.7. The van der Waals surface area contributed by atoms with Crippen LogP contribution in [0.1, 0.15) is 26.4 Å². The lowest BCUT2D eigenvalue weighted by atomic mass is 10.1. The summed E-state index contributed by atoms with van der Waals surface area (Å²) in [4.78, 5) is 32.3. The molecule has 0 aliphatic carbocycles. The third-order valence-corrected chi connectivity index (χ3v) is 3.77. The summed E-state index contributed by atoms with van der Waals surface area (Å²) in [5.41, 5.74) is 3.27. The van der Waals surface area contributed by atoms with E-state index in [1.807, 2.05) is 30.3 Å². The smallest absolute Gasteiger partial charge is 0.337 e. The van der Waals surface area contributed by atoms with Gasteiger partial charge in [0.2, 0.25) is 0 Å². The Hall–Kier alpha value is -3.54. The Morgan fingerprint density at radius 1 is 0.923 bits per heavy atom. The van der Waals surface area contributed by atoms with Crippen LogP contribution in [0.15, 0.2) is 67.0 Å². The third kappa shape index (κ3) is 4.10. The molecular weight excluding hydrogens is 330 g/mol. The number of amides is 1. The molecule has 1 amide bonds. The van der Waals surface area contributed by atoms with Crippen molar-refractivity contribution in [2.75, 3.05) is 7.11 Å². The van der Waals surface area contributed by atoms with Crippen LogP contribution in [0.25, 0.3) is 11.3 Å². The highest BCUT2D eigenvalue weighted by atomic mass is 16.5. The van der Waals surface area contributed by atoms with Gasteiger partial charge in [0, 0.05) is 11.1 Å². The van der Waals surface area contributed by atoms with E-state index in [-0.39, 0.29) is 12.5 Å². The number of ether oxygens (including phenoxy) is 1. The number of hydrogen-bond donors (Lipinski definition) is 1. The fourth-order valence-electron chi connectivity index (χ4n) is 2.35. The number of methoxy groups -OCH3 is 1. The molecular formula is C20H17N3O3. The second-order valence-corrected chi connectivity index (χ2v) is 5.51. The summed E-state index contributed by atoms with van der Waals surface area (Å²) in [6.07, 6.45) is 3.32. The van der Waals surface area contributed by atoms with E-state index in [0.29, 0.717) is 16.8 Å². The minimum atomic E-state index is -0.439. The van der Waals surface area contributed by atoms with E-state index in [2.05, 4.69) is 20.0 Å². The molecule has 3 rings (SSSR count). The van der Waals surface area contributed by atoms with Crippen LogP contribution in [0.2, 0.25) is 0 Å². The zero-order valence-corrected chi connectivity index (χ0v) is 14.2. The summed E-state index contributed by atoms with van der Waals surface area (Å²) in [5, 5.41) is 2.78. The van der Waals surface area contributed by atoms with Crippen molar-refractivity contribution in [1.82, 2.24) is 15.3 Å². The number of aromatic nitrogens is 2. The van der Waals surface area contributed by atoms with Gasteiger partial charge in [-0.25, -0.2) is 4.79 Å². The third-order valence-electron chi connectivity index (χ3n) is 3.77. The van der Waals surface area contributed by atoms with E-state index in [1.165, 1.54) is 7.11 Å². The fourth-order valence-corrected chi connectivity index (χ4v) is 2.35. The Morgan fingerprint density at radius 2 is 1.62 bits per heavy atom. The van der Waals surface area contributed by atoms with Gasteiger partial charge < -0.3 is 10.1 Å². The number of benzene rings is 2. The maximum Gasteiger partial charge on any atom is 0.337 e. The van der Waals surface area contributed by atoms with Crippen LogP contribution in [-0.2, 0) is 11.3 Å². The second kappa shape index (κ2) is 8.02. The highest BCUT2D eigenvalue weighted by Crippen LogP contribution is 2.14. The highest BCUT2D eigenvalue weighted by molar-refractivity contribution is 5.96. The number of hydrogen-bond acceptors (Lipinski definition) is 5.